The minimum atomic E-state index is -1.03. The largest absolute Gasteiger partial charge is 0.480 e. The molecule has 0 saturated heterocycles. The van der Waals surface area contributed by atoms with E-state index in [9.17, 15) is 9.59 Å². The van der Waals surface area contributed by atoms with Gasteiger partial charge in [-0.2, -0.15) is 0 Å². The Morgan fingerprint density at radius 2 is 1.78 bits per heavy atom. The summed E-state index contributed by atoms with van der Waals surface area (Å²) in [5.74, 6) is -1.20. The highest BCUT2D eigenvalue weighted by Crippen LogP contribution is 2.11. The zero-order valence-corrected chi connectivity index (χ0v) is 10.8. The van der Waals surface area contributed by atoms with Gasteiger partial charge >= 0.3 is 12.0 Å². The van der Waals surface area contributed by atoms with Crippen molar-refractivity contribution in [1.82, 2.24) is 5.32 Å². The topological polar surface area (TPSA) is 69.6 Å². The van der Waals surface area contributed by atoms with Crippen LogP contribution in [-0.4, -0.2) is 30.2 Å². The number of carbonyl (C=O) groups excluding carboxylic acids is 1. The molecule has 2 amide bonds. The highest BCUT2D eigenvalue weighted by atomic mass is 16.4. The standard InChI is InChI=1S/C13H18N2O3/c1-9(2)11(12(16)17)14-13(18)15(3)10-7-5-4-6-8-10/h4-9,11H,1-3H3,(H,14,18)(H,16,17)/t11-/m0/s1. The van der Waals surface area contributed by atoms with Gasteiger partial charge < -0.3 is 10.4 Å². The van der Waals surface area contributed by atoms with Crippen LogP contribution < -0.4 is 10.2 Å². The molecule has 2 N–H and O–H groups in total. The summed E-state index contributed by atoms with van der Waals surface area (Å²) in [5, 5.41) is 11.5. The van der Waals surface area contributed by atoms with Crippen molar-refractivity contribution in [3.05, 3.63) is 30.3 Å². The van der Waals surface area contributed by atoms with Gasteiger partial charge in [0.25, 0.3) is 0 Å². The van der Waals surface area contributed by atoms with Crippen molar-refractivity contribution >= 4 is 17.7 Å². The summed E-state index contributed by atoms with van der Waals surface area (Å²) < 4.78 is 0. The first-order chi connectivity index (χ1) is 8.43. The molecule has 0 aliphatic heterocycles. The van der Waals surface area contributed by atoms with E-state index in [1.54, 1.807) is 33.0 Å². The fourth-order valence-electron chi connectivity index (χ4n) is 1.51. The predicted molar refractivity (Wildman–Crippen MR) is 69.6 cm³/mol. The number of urea groups is 1. The maximum Gasteiger partial charge on any atom is 0.326 e. The van der Waals surface area contributed by atoms with Gasteiger partial charge in [0.2, 0.25) is 0 Å². The quantitative estimate of drug-likeness (QED) is 0.858. The number of hydrogen-bond acceptors (Lipinski definition) is 2. The average Bonchev–Trinajstić information content (AvgIpc) is 2.35. The summed E-state index contributed by atoms with van der Waals surface area (Å²) in [5.41, 5.74) is 0.711. The van der Waals surface area contributed by atoms with Gasteiger partial charge in [-0.05, 0) is 18.1 Å². The molecule has 0 aliphatic rings. The molecule has 0 fully saturated rings. The number of amides is 2. The second-order valence-corrected chi connectivity index (χ2v) is 4.40. The lowest BCUT2D eigenvalue weighted by molar-refractivity contribution is -0.140. The van der Waals surface area contributed by atoms with Crippen LogP contribution in [0, 0.1) is 5.92 Å². The van der Waals surface area contributed by atoms with Gasteiger partial charge in [0, 0.05) is 12.7 Å². The Balaban J connectivity index is 2.73. The molecule has 0 radical (unpaired) electrons. The van der Waals surface area contributed by atoms with Crippen molar-refractivity contribution < 1.29 is 14.7 Å². The minimum Gasteiger partial charge on any atom is -0.480 e. The molecule has 0 aliphatic carbocycles. The lowest BCUT2D eigenvalue weighted by Gasteiger charge is -2.23. The number of benzene rings is 1. The number of nitrogens with one attached hydrogen (secondary N) is 1. The molecule has 1 atom stereocenters. The van der Waals surface area contributed by atoms with Gasteiger partial charge in [-0.3, -0.25) is 4.90 Å². The summed E-state index contributed by atoms with van der Waals surface area (Å²) in [7, 11) is 1.60. The Hall–Kier alpha value is -2.04. The van der Waals surface area contributed by atoms with Crippen molar-refractivity contribution in [2.75, 3.05) is 11.9 Å². The third-order valence-electron chi connectivity index (χ3n) is 2.66. The van der Waals surface area contributed by atoms with E-state index in [-0.39, 0.29) is 5.92 Å². The highest BCUT2D eigenvalue weighted by molar-refractivity contribution is 5.94. The smallest absolute Gasteiger partial charge is 0.326 e. The van der Waals surface area contributed by atoms with E-state index in [4.69, 9.17) is 5.11 Å². The van der Waals surface area contributed by atoms with Crippen molar-refractivity contribution in [1.29, 1.82) is 0 Å². The number of carboxylic acid groups (broad SMARTS) is 1. The Morgan fingerprint density at radius 3 is 2.22 bits per heavy atom. The first-order valence-corrected chi connectivity index (χ1v) is 5.75. The van der Waals surface area contributed by atoms with Crippen molar-refractivity contribution in [3.8, 4) is 0 Å². The van der Waals surface area contributed by atoms with Crippen LogP contribution in [0.15, 0.2) is 30.3 Å². The molecule has 98 valence electrons. The zero-order chi connectivity index (χ0) is 13.7. The summed E-state index contributed by atoms with van der Waals surface area (Å²) in [6.07, 6.45) is 0. The number of carbonyl (C=O) groups is 2. The molecule has 5 nitrogen and oxygen atoms in total. The maximum atomic E-state index is 11.9. The van der Waals surface area contributed by atoms with Gasteiger partial charge in [0.1, 0.15) is 6.04 Å². The minimum absolute atomic E-state index is 0.171. The number of aliphatic carboxylic acids is 1. The number of anilines is 1. The Bertz CT molecular complexity index is 418. The lowest BCUT2D eigenvalue weighted by Crippen LogP contribution is -2.49. The molecule has 5 heteroatoms. The summed E-state index contributed by atoms with van der Waals surface area (Å²) in [6, 6.07) is 7.73. The second kappa shape index (κ2) is 6.05. The molecule has 0 saturated carbocycles. The van der Waals surface area contributed by atoms with E-state index in [1.165, 1.54) is 4.90 Å². The lowest BCUT2D eigenvalue weighted by atomic mass is 10.1. The third-order valence-corrected chi connectivity index (χ3v) is 2.66. The number of hydrogen-bond donors (Lipinski definition) is 2. The van der Waals surface area contributed by atoms with Crippen LogP contribution in [0.2, 0.25) is 0 Å². The number of para-hydroxylation sites is 1. The molecule has 1 rings (SSSR count). The van der Waals surface area contributed by atoms with Gasteiger partial charge in [-0.15, -0.1) is 0 Å². The third kappa shape index (κ3) is 3.48. The van der Waals surface area contributed by atoms with Crippen LogP contribution in [0.25, 0.3) is 0 Å². The Labute approximate surface area is 106 Å². The highest BCUT2D eigenvalue weighted by Gasteiger charge is 2.25. The first-order valence-electron chi connectivity index (χ1n) is 5.75. The van der Waals surface area contributed by atoms with Crippen LogP contribution >= 0.6 is 0 Å². The number of rotatable bonds is 4. The molecule has 18 heavy (non-hydrogen) atoms. The van der Waals surface area contributed by atoms with Crippen LogP contribution in [0.4, 0.5) is 10.5 Å². The molecule has 0 aromatic heterocycles. The molecule has 0 unspecified atom stereocenters. The molecule has 0 spiro atoms. The van der Waals surface area contributed by atoms with Crippen molar-refractivity contribution in [2.24, 2.45) is 5.92 Å². The number of carboxylic acids is 1. The Morgan fingerprint density at radius 1 is 1.22 bits per heavy atom. The summed E-state index contributed by atoms with van der Waals surface area (Å²) in [6.45, 7) is 3.50. The van der Waals surface area contributed by atoms with Crippen LogP contribution in [0.1, 0.15) is 13.8 Å². The van der Waals surface area contributed by atoms with Crippen LogP contribution in [0.5, 0.6) is 0 Å². The normalized spacial score (nSPS) is 12.0. The second-order valence-electron chi connectivity index (χ2n) is 4.40. The van der Waals surface area contributed by atoms with E-state index in [2.05, 4.69) is 5.32 Å². The summed E-state index contributed by atoms with van der Waals surface area (Å²) >= 11 is 0. The molecular weight excluding hydrogens is 232 g/mol. The monoisotopic (exact) mass is 250 g/mol. The van der Waals surface area contributed by atoms with E-state index in [0.29, 0.717) is 5.69 Å². The van der Waals surface area contributed by atoms with Gasteiger partial charge in [0.05, 0.1) is 0 Å². The average molecular weight is 250 g/mol. The van der Waals surface area contributed by atoms with E-state index >= 15 is 0 Å². The van der Waals surface area contributed by atoms with Gasteiger partial charge in [-0.25, -0.2) is 9.59 Å². The predicted octanol–water partition coefficient (Wildman–Crippen LogP) is 1.94. The van der Waals surface area contributed by atoms with Gasteiger partial charge in [0.15, 0.2) is 0 Å². The SMILES string of the molecule is CC(C)[C@H](NC(=O)N(C)c1ccccc1)C(=O)O. The Kier molecular flexibility index (Phi) is 4.71. The zero-order valence-electron chi connectivity index (χ0n) is 10.8. The fraction of sp³-hybridized carbons (Fsp3) is 0.385. The molecule has 0 heterocycles. The van der Waals surface area contributed by atoms with Crippen molar-refractivity contribution in [2.45, 2.75) is 19.9 Å². The summed E-state index contributed by atoms with van der Waals surface area (Å²) in [4.78, 5) is 24.3. The molecule has 1 aromatic rings. The van der Waals surface area contributed by atoms with E-state index in [0.717, 1.165) is 0 Å². The van der Waals surface area contributed by atoms with Crippen LogP contribution in [-0.2, 0) is 4.79 Å². The van der Waals surface area contributed by atoms with Gasteiger partial charge in [-0.1, -0.05) is 32.0 Å². The molecule has 1 aromatic carbocycles. The molecule has 0 bridgehead atoms. The van der Waals surface area contributed by atoms with Crippen molar-refractivity contribution in [3.63, 3.8) is 0 Å². The van der Waals surface area contributed by atoms with E-state index in [1.807, 2.05) is 18.2 Å². The first kappa shape index (κ1) is 14.0. The molecular formula is C13H18N2O3. The maximum absolute atomic E-state index is 11.9. The fourth-order valence-corrected chi connectivity index (χ4v) is 1.51. The van der Waals surface area contributed by atoms with E-state index < -0.39 is 18.0 Å². The number of nitrogens with zero attached hydrogens (tertiary/aromatic N) is 1. The van der Waals surface area contributed by atoms with Crippen LogP contribution in [0.3, 0.4) is 0 Å².